The SMILES string of the molecule is CCCc1nc(NN)cc(Oc2cncc(Cl)c2)n1. The van der Waals surface area contributed by atoms with Gasteiger partial charge in [0, 0.05) is 24.8 Å². The third-order valence-electron chi connectivity index (χ3n) is 2.27. The predicted octanol–water partition coefficient (Wildman–Crippen LogP) is 2.56. The van der Waals surface area contributed by atoms with Gasteiger partial charge in [-0.1, -0.05) is 18.5 Å². The minimum atomic E-state index is 0.399. The highest BCUT2D eigenvalue weighted by Gasteiger charge is 2.06. The van der Waals surface area contributed by atoms with Crippen molar-refractivity contribution in [3.05, 3.63) is 35.4 Å². The maximum Gasteiger partial charge on any atom is 0.224 e. The van der Waals surface area contributed by atoms with Crippen LogP contribution < -0.4 is 16.0 Å². The van der Waals surface area contributed by atoms with E-state index >= 15 is 0 Å². The van der Waals surface area contributed by atoms with E-state index in [1.165, 1.54) is 6.20 Å². The lowest BCUT2D eigenvalue weighted by atomic mass is 10.3. The molecule has 3 N–H and O–H groups in total. The molecule has 7 heteroatoms. The fraction of sp³-hybridized carbons (Fsp3) is 0.250. The van der Waals surface area contributed by atoms with Gasteiger partial charge in [0.25, 0.3) is 0 Å². The molecular formula is C12H14ClN5O. The van der Waals surface area contributed by atoms with E-state index in [0.717, 1.165) is 12.8 Å². The summed E-state index contributed by atoms with van der Waals surface area (Å²) in [5.41, 5.74) is 2.49. The van der Waals surface area contributed by atoms with Crippen molar-refractivity contribution in [2.24, 2.45) is 5.84 Å². The first-order chi connectivity index (χ1) is 9.21. The van der Waals surface area contributed by atoms with E-state index in [-0.39, 0.29) is 0 Å². The summed E-state index contributed by atoms with van der Waals surface area (Å²) in [6.07, 6.45) is 4.78. The van der Waals surface area contributed by atoms with Gasteiger partial charge in [-0.05, 0) is 6.42 Å². The van der Waals surface area contributed by atoms with Crippen molar-refractivity contribution >= 4 is 17.4 Å². The van der Waals surface area contributed by atoms with Crippen LogP contribution in [0.25, 0.3) is 0 Å². The number of aryl methyl sites for hydroxylation is 1. The topological polar surface area (TPSA) is 86.0 Å². The number of aromatic nitrogens is 3. The number of hydrogen-bond acceptors (Lipinski definition) is 6. The smallest absolute Gasteiger partial charge is 0.224 e. The molecule has 0 spiro atoms. The summed E-state index contributed by atoms with van der Waals surface area (Å²) in [5, 5.41) is 0.498. The minimum Gasteiger partial charge on any atom is -0.437 e. The third kappa shape index (κ3) is 3.77. The van der Waals surface area contributed by atoms with Crippen LogP contribution in [0.4, 0.5) is 5.82 Å². The number of nitrogens with two attached hydrogens (primary N) is 1. The number of pyridine rings is 1. The molecule has 2 aromatic heterocycles. The summed E-state index contributed by atoms with van der Waals surface area (Å²) in [6.45, 7) is 2.05. The molecule has 19 heavy (non-hydrogen) atoms. The Balaban J connectivity index is 2.26. The van der Waals surface area contributed by atoms with Crippen molar-refractivity contribution in [2.45, 2.75) is 19.8 Å². The van der Waals surface area contributed by atoms with Crippen molar-refractivity contribution in [1.29, 1.82) is 0 Å². The van der Waals surface area contributed by atoms with Crippen LogP contribution in [-0.2, 0) is 6.42 Å². The molecule has 0 atom stereocenters. The summed E-state index contributed by atoms with van der Waals surface area (Å²) >= 11 is 5.84. The van der Waals surface area contributed by atoms with Gasteiger partial charge in [-0.2, -0.15) is 4.98 Å². The van der Waals surface area contributed by atoms with Crippen molar-refractivity contribution in [3.63, 3.8) is 0 Å². The fourth-order valence-electron chi connectivity index (χ4n) is 1.50. The van der Waals surface area contributed by atoms with Crippen LogP contribution in [0.15, 0.2) is 24.5 Å². The number of nitrogens with one attached hydrogen (secondary N) is 1. The monoisotopic (exact) mass is 279 g/mol. The summed E-state index contributed by atoms with van der Waals surface area (Å²) < 4.78 is 5.60. The summed E-state index contributed by atoms with van der Waals surface area (Å²) in [5.74, 6) is 7.45. The number of ether oxygens (including phenoxy) is 1. The van der Waals surface area contributed by atoms with Gasteiger partial charge in [0.1, 0.15) is 17.4 Å². The van der Waals surface area contributed by atoms with E-state index < -0.39 is 0 Å². The van der Waals surface area contributed by atoms with Crippen molar-refractivity contribution in [2.75, 3.05) is 5.43 Å². The van der Waals surface area contributed by atoms with E-state index in [2.05, 4.69) is 20.4 Å². The largest absolute Gasteiger partial charge is 0.437 e. The van der Waals surface area contributed by atoms with Crippen LogP contribution in [0, 0.1) is 0 Å². The lowest BCUT2D eigenvalue weighted by Gasteiger charge is -2.08. The van der Waals surface area contributed by atoms with Crippen molar-refractivity contribution in [1.82, 2.24) is 15.0 Å². The van der Waals surface area contributed by atoms with Gasteiger partial charge in [-0.15, -0.1) is 0 Å². The first-order valence-electron chi connectivity index (χ1n) is 5.84. The standard InChI is InChI=1S/C12H14ClN5O/c1-2-3-10-16-11(18-14)5-12(17-10)19-9-4-8(13)6-15-7-9/h4-7H,2-3,14H2,1H3,(H,16,17,18). The zero-order valence-corrected chi connectivity index (χ0v) is 11.2. The molecule has 0 amide bonds. The minimum absolute atomic E-state index is 0.399. The van der Waals surface area contributed by atoms with E-state index in [1.807, 2.05) is 6.92 Å². The van der Waals surface area contributed by atoms with Gasteiger partial charge in [-0.3, -0.25) is 4.98 Å². The molecule has 0 radical (unpaired) electrons. The van der Waals surface area contributed by atoms with E-state index in [4.69, 9.17) is 22.2 Å². The van der Waals surface area contributed by atoms with Crippen LogP contribution in [0.3, 0.4) is 0 Å². The molecule has 0 saturated carbocycles. The first kappa shape index (κ1) is 13.5. The molecular weight excluding hydrogens is 266 g/mol. The molecule has 0 unspecified atom stereocenters. The molecule has 0 fully saturated rings. The maximum absolute atomic E-state index is 5.84. The number of rotatable bonds is 5. The highest BCUT2D eigenvalue weighted by molar-refractivity contribution is 6.30. The van der Waals surface area contributed by atoms with Gasteiger partial charge >= 0.3 is 0 Å². The second-order valence-corrected chi connectivity index (χ2v) is 4.28. The summed E-state index contributed by atoms with van der Waals surface area (Å²) in [4.78, 5) is 12.5. The van der Waals surface area contributed by atoms with Crippen LogP contribution in [0.1, 0.15) is 19.2 Å². The van der Waals surface area contributed by atoms with Gasteiger partial charge in [0.2, 0.25) is 5.88 Å². The van der Waals surface area contributed by atoms with Crippen molar-refractivity contribution in [3.8, 4) is 11.6 Å². The Morgan fingerprint density at radius 2 is 2.16 bits per heavy atom. The Morgan fingerprint density at radius 3 is 2.84 bits per heavy atom. The van der Waals surface area contributed by atoms with Gasteiger partial charge in [0.05, 0.1) is 11.2 Å². The normalized spacial score (nSPS) is 10.3. The van der Waals surface area contributed by atoms with E-state index in [1.54, 1.807) is 18.3 Å². The van der Waals surface area contributed by atoms with Crippen LogP contribution in [0.5, 0.6) is 11.6 Å². The quantitative estimate of drug-likeness (QED) is 0.646. The number of hydrazine groups is 1. The van der Waals surface area contributed by atoms with Gasteiger partial charge in [0.15, 0.2) is 0 Å². The van der Waals surface area contributed by atoms with Gasteiger partial charge < -0.3 is 10.2 Å². The van der Waals surface area contributed by atoms with Crippen LogP contribution in [-0.4, -0.2) is 15.0 Å². The summed E-state index contributed by atoms with van der Waals surface area (Å²) in [7, 11) is 0. The fourth-order valence-corrected chi connectivity index (χ4v) is 1.67. The summed E-state index contributed by atoms with van der Waals surface area (Å²) in [6, 6.07) is 3.27. The zero-order valence-electron chi connectivity index (χ0n) is 10.4. The Hall–Kier alpha value is -1.92. The molecule has 2 rings (SSSR count). The highest BCUT2D eigenvalue weighted by Crippen LogP contribution is 2.23. The molecule has 100 valence electrons. The predicted molar refractivity (Wildman–Crippen MR) is 73.2 cm³/mol. The molecule has 0 aliphatic carbocycles. The first-order valence-corrected chi connectivity index (χ1v) is 6.22. The molecule has 0 aliphatic heterocycles. The highest BCUT2D eigenvalue weighted by atomic mass is 35.5. The average molecular weight is 280 g/mol. The molecule has 0 aromatic carbocycles. The Bertz CT molecular complexity index is 564. The second kappa shape index (κ2) is 6.31. The maximum atomic E-state index is 5.84. The lowest BCUT2D eigenvalue weighted by molar-refractivity contribution is 0.456. The molecule has 6 nitrogen and oxygen atoms in total. The molecule has 2 heterocycles. The number of halogens is 1. The van der Waals surface area contributed by atoms with E-state index in [0.29, 0.717) is 28.3 Å². The lowest BCUT2D eigenvalue weighted by Crippen LogP contribution is -2.10. The zero-order chi connectivity index (χ0) is 13.7. The Labute approximate surface area is 116 Å². The molecule has 0 bridgehead atoms. The average Bonchev–Trinajstić information content (AvgIpc) is 2.39. The Kier molecular flexibility index (Phi) is 4.48. The molecule has 2 aromatic rings. The number of anilines is 1. The second-order valence-electron chi connectivity index (χ2n) is 3.84. The molecule has 0 aliphatic rings. The van der Waals surface area contributed by atoms with Crippen molar-refractivity contribution < 1.29 is 4.74 Å². The number of nitrogens with zero attached hydrogens (tertiary/aromatic N) is 3. The third-order valence-corrected chi connectivity index (χ3v) is 2.48. The number of hydrogen-bond donors (Lipinski definition) is 2. The van der Waals surface area contributed by atoms with Gasteiger partial charge in [-0.25, -0.2) is 10.8 Å². The van der Waals surface area contributed by atoms with Crippen LogP contribution >= 0.6 is 11.6 Å². The Morgan fingerprint density at radius 1 is 1.32 bits per heavy atom. The van der Waals surface area contributed by atoms with E-state index in [9.17, 15) is 0 Å². The number of nitrogen functional groups attached to an aromatic ring is 1. The molecule has 0 saturated heterocycles. The van der Waals surface area contributed by atoms with Crippen LogP contribution in [0.2, 0.25) is 5.02 Å².